The summed E-state index contributed by atoms with van der Waals surface area (Å²) >= 11 is 0. The minimum atomic E-state index is -1.38. The number of amides is 2. The van der Waals surface area contributed by atoms with E-state index >= 15 is 0 Å². The van der Waals surface area contributed by atoms with Gasteiger partial charge in [-0.15, -0.1) is 0 Å². The Balaban J connectivity index is 4.10. The number of carbonyl (C=O) groups excluding carboxylic acids is 2. The van der Waals surface area contributed by atoms with Crippen molar-refractivity contribution in [2.75, 3.05) is 25.6 Å². The lowest BCUT2D eigenvalue weighted by Crippen LogP contribution is -2.43. The predicted molar refractivity (Wildman–Crippen MR) is 71.0 cm³/mol. The molecule has 0 aromatic rings. The maximum absolute atomic E-state index is 11.7. The zero-order valence-corrected chi connectivity index (χ0v) is 12.2. The molecule has 2 atom stereocenters. The van der Waals surface area contributed by atoms with Crippen LogP contribution >= 0.6 is 0 Å². The number of nitrogens with one attached hydrogen (secondary N) is 1. The Morgan fingerprint density at radius 3 is 2.32 bits per heavy atom. The third-order valence-corrected chi connectivity index (χ3v) is 3.74. The summed E-state index contributed by atoms with van der Waals surface area (Å²) in [6.45, 7) is 1.20. The van der Waals surface area contributed by atoms with Gasteiger partial charge in [0.15, 0.2) is 0 Å². The van der Waals surface area contributed by atoms with Gasteiger partial charge in [0.05, 0.1) is 5.75 Å². The van der Waals surface area contributed by atoms with Crippen LogP contribution in [0.5, 0.6) is 0 Å². The van der Waals surface area contributed by atoms with Gasteiger partial charge in [0, 0.05) is 44.0 Å². The highest BCUT2D eigenvalue weighted by molar-refractivity contribution is 7.85. The average Bonchev–Trinajstić information content (AvgIpc) is 2.26. The molecule has 110 valence electrons. The molecule has 0 saturated carbocycles. The standard InChI is InChI=1S/C11H20N2O5S/c1-8(14)12-9(11(16)17)7-19(18)6-4-5-10(15)13(2)3/h9H,4-7H2,1-3H3,(H,12,14)(H,16,17)/t9-,19?/m0/s1. The van der Waals surface area contributed by atoms with Gasteiger partial charge in [0.1, 0.15) is 6.04 Å². The van der Waals surface area contributed by atoms with E-state index in [0.29, 0.717) is 6.42 Å². The van der Waals surface area contributed by atoms with Crippen LogP contribution < -0.4 is 5.32 Å². The Morgan fingerprint density at radius 1 is 1.32 bits per heavy atom. The lowest BCUT2D eigenvalue weighted by Gasteiger charge is -2.13. The van der Waals surface area contributed by atoms with Crippen molar-refractivity contribution in [1.29, 1.82) is 0 Å². The second-order valence-corrected chi connectivity index (χ2v) is 5.91. The van der Waals surface area contributed by atoms with Crippen molar-refractivity contribution in [3.05, 3.63) is 0 Å². The minimum Gasteiger partial charge on any atom is -0.480 e. The van der Waals surface area contributed by atoms with Gasteiger partial charge >= 0.3 is 5.97 Å². The van der Waals surface area contributed by atoms with E-state index in [9.17, 15) is 18.6 Å². The maximum Gasteiger partial charge on any atom is 0.327 e. The summed E-state index contributed by atoms with van der Waals surface area (Å²) in [5.41, 5.74) is 0. The monoisotopic (exact) mass is 292 g/mol. The predicted octanol–water partition coefficient (Wildman–Crippen LogP) is -0.807. The summed E-state index contributed by atoms with van der Waals surface area (Å²) < 4.78 is 11.7. The van der Waals surface area contributed by atoms with Gasteiger partial charge in [-0.2, -0.15) is 0 Å². The van der Waals surface area contributed by atoms with Crippen LogP contribution in [0.3, 0.4) is 0 Å². The first-order valence-electron chi connectivity index (χ1n) is 5.79. The summed E-state index contributed by atoms with van der Waals surface area (Å²) in [6.07, 6.45) is 0.701. The molecule has 0 aromatic carbocycles. The molecule has 0 aliphatic carbocycles. The highest BCUT2D eigenvalue weighted by Crippen LogP contribution is 1.99. The van der Waals surface area contributed by atoms with E-state index < -0.39 is 28.7 Å². The van der Waals surface area contributed by atoms with E-state index in [1.54, 1.807) is 14.1 Å². The van der Waals surface area contributed by atoms with Crippen molar-refractivity contribution in [1.82, 2.24) is 10.2 Å². The molecule has 0 spiro atoms. The molecule has 0 heterocycles. The number of carboxylic acids is 1. The highest BCUT2D eigenvalue weighted by atomic mass is 32.2. The fraction of sp³-hybridized carbons (Fsp3) is 0.727. The Bertz CT molecular complexity index is 370. The molecular formula is C11H20N2O5S. The highest BCUT2D eigenvalue weighted by Gasteiger charge is 2.21. The maximum atomic E-state index is 11.7. The number of rotatable bonds is 8. The molecule has 1 unspecified atom stereocenters. The molecule has 0 aliphatic rings. The molecule has 2 N–H and O–H groups in total. The van der Waals surface area contributed by atoms with Crippen LogP contribution in [0.15, 0.2) is 0 Å². The molecule has 0 bridgehead atoms. The smallest absolute Gasteiger partial charge is 0.327 e. The number of hydrogen-bond donors (Lipinski definition) is 2. The molecular weight excluding hydrogens is 272 g/mol. The zero-order chi connectivity index (χ0) is 15.0. The summed E-state index contributed by atoms with van der Waals surface area (Å²) in [7, 11) is 1.89. The van der Waals surface area contributed by atoms with Gasteiger partial charge in [-0.1, -0.05) is 0 Å². The first-order chi connectivity index (χ1) is 8.73. The number of carboxylic acid groups (broad SMARTS) is 1. The minimum absolute atomic E-state index is 0.0614. The molecule has 7 nitrogen and oxygen atoms in total. The molecule has 0 saturated heterocycles. The molecule has 19 heavy (non-hydrogen) atoms. The Kier molecular flexibility index (Phi) is 7.97. The number of nitrogens with zero attached hydrogens (tertiary/aromatic N) is 1. The van der Waals surface area contributed by atoms with Crippen LogP contribution in [0.2, 0.25) is 0 Å². The summed E-state index contributed by atoms with van der Waals surface area (Å²) in [4.78, 5) is 34.3. The molecule has 0 rings (SSSR count). The van der Waals surface area contributed by atoms with Crippen LogP contribution in [-0.4, -0.2) is 63.6 Å². The summed E-state index contributed by atoms with van der Waals surface area (Å²) in [5.74, 6) is -1.66. The molecule has 0 radical (unpaired) electrons. The van der Waals surface area contributed by atoms with Crippen LogP contribution in [0.1, 0.15) is 19.8 Å². The SMILES string of the molecule is CC(=O)N[C@@H](CS(=O)CCCC(=O)N(C)C)C(=O)O. The summed E-state index contributed by atoms with van der Waals surface area (Å²) in [5, 5.41) is 11.1. The van der Waals surface area contributed by atoms with Gasteiger partial charge in [-0.25, -0.2) is 4.79 Å². The number of aliphatic carboxylic acids is 1. The molecule has 2 amide bonds. The van der Waals surface area contributed by atoms with Gasteiger partial charge in [0.25, 0.3) is 0 Å². The van der Waals surface area contributed by atoms with E-state index in [1.807, 2.05) is 0 Å². The molecule has 0 fully saturated rings. The molecule has 0 aromatic heterocycles. The van der Waals surface area contributed by atoms with Crippen LogP contribution in [0.4, 0.5) is 0 Å². The Labute approximate surface area is 114 Å². The number of carbonyl (C=O) groups is 3. The van der Waals surface area contributed by atoms with Crippen molar-refractivity contribution < 1.29 is 23.7 Å². The Hall–Kier alpha value is -1.44. The molecule has 0 aliphatic heterocycles. The van der Waals surface area contributed by atoms with E-state index in [4.69, 9.17) is 5.11 Å². The third-order valence-electron chi connectivity index (χ3n) is 2.29. The van der Waals surface area contributed by atoms with Gasteiger partial charge in [0.2, 0.25) is 11.8 Å². The largest absolute Gasteiger partial charge is 0.480 e. The van der Waals surface area contributed by atoms with Crippen molar-refractivity contribution >= 4 is 28.6 Å². The third kappa shape index (κ3) is 8.30. The van der Waals surface area contributed by atoms with Crippen molar-refractivity contribution in [3.63, 3.8) is 0 Å². The topological polar surface area (TPSA) is 104 Å². The first-order valence-corrected chi connectivity index (χ1v) is 7.28. The van der Waals surface area contributed by atoms with Crippen molar-refractivity contribution in [2.45, 2.75) is 25.8 Å². The van der Waals surface area contributed by atoms with E-state index in [-0.39, 0.29) is 23.8 Å². The number of hydrogen-bond acceptors (Lipinski definition) is 4. The van der Waals surface area contributed by atoms with E-state index in [1.165, 1.54) is 11.8 Å². The van der Waals surface area contributed by atoms with Gasteiger partial charge in [-0.05, 0) is 6.42 Å². The zero-order valence-electron chi connectivity index (χ0n) is 11.3. The lowest BCUT2D eigenvalue weighted by molar-refractivity contribution is -0.140. The lowest BCUT2D eigenvalue weighted by atomic mass is 10.3. The Morgan fingerprint density at radius 2 is 1.89 bits per heavy atom. The van der Waals surface area contributed by atoms with E-state index in [0.717, 1.165) is 0 Å². The quantitative estimate of drug-likeness (QED) is 0.609. The van der Waals surface area contributed by atoms with Crippen LogP contribution in [0, 0.1) is 0 Å². The van der Waals surface area contributed by atoms with E-state index in [2.05, 4.69) is 5.32 Å². The van der Waals surface area contributed by atoms with Crippen LogP contribution in [-0.2, 0) is 25.2 Å². The van der Waals surface area contributed by atoms with Crippen molar-refractivity contribution in [3.8, 4) is 0 Å². The van der Waals surface area contributed by atoms with Crippen molar-refractivity contribution in [2.24, 2.45) is 0 Å². The van der Waals surface area contributed by atoms with Gasteiger partial charge in [-0.3, -0.25) is 13.8 Å². The summed E-state index contributed by atoms with van der Waals surface area (Å²) in [6, 6.07) is -1.15. The first kappa shape index (κ1) is 17.6. The fourth-order valence-corrected chi connectivity index (χ4v) is 2.53. The van der Waals surface area contributed by atoms with Gasteiger partial charge < -0.3 is 15.3 Å². The normalized spacial score (nSPS) is 13.4. The second-order valence-electron chi connectivity index (χ2n) is 4.29. The average molecular weight is 292 g/mol. The molecule has 8 heteroatoms. The fourth-order valence-electron chi connectivity index (χ4n) is 1.30. The second kappa shape index (κ2) is 8.63. The van der Waals surface area contributed by atoms with Crippen LogP contribution in [0.25, 0.3) is 0 Å².